The van der Waals surface area contributed by atoms with Gasteiger partial charge in [0.15, 0.2) is 5.52 Å². The maximum Gasteiger partial charge on any atom is 0.437 e. The maximum atomic E-state index is 13.2. The van der Waals surface area contributed by atoms with Gasteiger partial charge in [0.2, 0.25) is 17.4 Å². The summed E-state index contributed by atoms with van der Waals surface area (Å²) in [6.45, 7) is 15.3. The SMILES string of the molecule is CC(C)(C)OC(=O)N=C(N)N(CCCC(NC(=O)OC(C)(C)C)C(=O)NCCCCCCSc1ccc([N+](=O)[O-])c2nonc12)C(=O)OC(C)(C)C. The van der Waals surface area contributed by atoms with Crippen molar-refractivity contribution < 1.29 is 42.9 Å². The molecular weight excluding hydrogens is 700 g/mol. The number of carbonyl (C=O) groups excluding carboxylic acids is 4. The molecule has 1 atom stereocenters. The number of unbranched alkanes of at least 4 members (excludes halogenated alkanes) is 3. The zero-order valence-corrected chi connectivity index (χ0v) is 32.2. The molecule has 52 heavy (non-hydrogen) atoms. The largest absolute Gasteiger partial charge is 0.444 e. The summed E-state index contributed by atoms with van der Waals surface area (Å²) >= 11 is 1.50. The van der Waals surface area contributed by atoms with Crippen molar-refractivity contribution in [3.8, 4) is 0 Å². The standard InChI is InChI=1S/C33H52N8O10S/c1-31(2,3)48-28(43)36-21(15-14-19-40(30(45)50-33(7,8)9)27(34)37-29(44)49-32(4,5)6)26(42)35-18-12-10-11-13-20-52-23-17-16-22(41(46)47)24-25(23)39-51-38-24/h16-17,21H,10-15,18-20H2,1-9H3,(H,35,42)(H,36,43)(H2,34,37,44). The lowest BCUT2D eigenvalue weighted by atomic mass is 10.1. The van der Waals surface area contributed by atoms with Crippen LogP contribution in [0.2, 0.25) is 0 Å². The van der Waals surface area contributed by atoms with E-state index in [-0.39, 0.29) is 30.6 Å². The van der Waals surface area contributed by atoms with E-state index in [0.29, 0.717) is 18.5 Å². The number of benzene rings is 1. The van der Waals surface area contributed by atoms with Gasteiger partial charge >= 0.3 is 24.0 Å². The van der Waals surface area contributed by atoms with Gasteiger partial charge in [-0.25, -0.2) is 23.9 Å². The predicted molar refractivity (Wildman–Crippen MR) is 194 cm³/mol. The highest BCUT2D eigenvalue weighted by Crippen LogP contribution is 2.32. The van der Waals surface area contributed by atoms with Gasteiger partial charge in [0.05, 0.1) is 4.92 Å². The van der Waals surface area contributed by atoms with Crippen LogP contribution in [0.15, 0.2) is 26.6 Å². The number of carbonyl (C=O) groups is 4. The van der Waals surface area contributed by atoms with Crippen LogP contribution in [0.25, 0.3) is 11.0 Å². The maximum absolute atomic E-state index is 13.2. The summed E-state index contributed by atoms with van der Waals surface area (Å²) < 4.78 is 20.7. The molecule has 2 rings (SSSR count). The van der Waals surface area contributed by atoms with E-state index in [1.165, 1.54) is 17.8 Å². The molecule has 0 aliphatic rings. The van der Waals surface area contributed by atoms with E-state index in [2.05, 4.69) is 25.9 Å². The number of ether oxygens (including phenoxy) is 3. The van der Waals surface area contributed by atoms with Gasteiger partial charge in [0.1, 0.15) is 22.8 Å². The van der Waals surface area contributed by atoms with E-state index >= 15 is 0 Å². The number of guanidine groups is 1. The third-order valence-corrected chi connectivity index (χ3v) is 7.69. The van der Waals surface area contributed by atoms with Crippen LogP contribution >= 0.6 is 11.8 Å². The molecule has 1 unspecified atom stereocenters. The number of nitrogens with two attached hydrogens (primary N) is 1. The highest BCUT2D eigenvalue weighted by Gasteiger charge is 2.29. The minimum Gasteiger partial charge on any atom is -0.444 e. The fraction of sp³-hybridized carbons (Fsp3) is 0.667. The van der Waals surface area contributed by atoms with Crippen LogP contribution in [-0.2, 0) is 19.0 Å². The monoisotopic (exact) mass is 752 g/mol. The molecule has 18 nitrogen and oxygen atoms in total. The summed E-state index contributed by atoms with van der Waals surface area (Å²) in [6, 6.07) is 2.00. The smallest absolute Gasteiger partial charge is 0.437 e. The van der Waals surface area contributed by atoms with Crippen LogP contribution in [0.4, 0.5) is 20.1 Å². The second-order valence-electron chi connectivity index (χ2n) is 14.8. The molecule has 0 bridgehead atoms. The number of amides is 4. The van der Waals surface area contributed by atoms with Crippen molar-refractivity contribution in [3.63, 3.8) is 0 Å². The average Bonchev–Trinajstić information content (AvgIpc) is 3.47. The summed E-state index contributed by atoms with van der Waals surface area (Å²) in [5.41, 5.74) is 3.82. The normalized spacial score (nSPS) is 12.9. The van der Waals surface area contributed by atoms with Gasteiger partial charge in [0.25, 0.3) is 0 Å². The molecule has 0 radical (unpaired) electrons. The van der Waals surface area contributed by atoms with Crippen molar-refractivity contribution in [1.82, 2.24) is 25.8 Å². The van der Waals surface area contributed by atoms with Gasteiger partial charge in [-0.3, -0.25) is 14.9 Å². The summed E-state index contributed by atoms with van der Waals surface area (Å²) in [7, 11) is 0. The van der Waals surface area contributed by atoms with Crippen LogP contribution in [0.5, 0.6) is 0 Å². The van der Waals surface area contributed by atoms with Crippen LogP contribution in [0.1, 0.15) is 101 Å². The Balaban J connectivity index is 1.96. The van der Waals surface area contributed by atoms with Crippen molar-refractivity contribution in [1.29, 1.82) is 0 Å². The van der Waals surface area contributed by atoms with E-state index in [1.54, 1.807) is 68.4 Å². The number of aliphatic imine (C=N–C) groups is 1. The molecule has 1 aromatic carbocycles. The Morgan fingerprint density at radius 1 is 0.923 bits per heavy atom. The highest BCUT2D eigenvalue weighted by molar-refractivity contribution is 7.99. The summed E-state index contributed by atoms with van der Waals surface area (Å²) in [5, 5.41) is 24.1. The quantitative estimate of drug-likeness (QED) is 0.0356. The number of nitrogens with one attached hydrogen (secondary N) is 2. The first-order chi connectivity index (χ1) is 24.1. The average molecular weight is 753 g/mol. The van der Waals surface area contributed by atoms with Crippen molar-refractivity contribution >= 4 is 58.6 Å². The third kappa shape index (κ3) is 16.1. The van der Waals surface area contributed by atoms with E-state index < -0.39 is 57.9 Å². The van der Waals surface area contributed by atoms with Crippen LogP contribution in [0.3, 0.4) is 0 Å². The number of hydrogen-bond acceptors (Lipinski definition) is 13. The lowest BCUT2D eigenvalue weighted by molar-refractivity contribution is -0.383. The summed E-state index contributed by atoms with van der Waals surface area (Å²) in [6.07, 6.45) is 0.805. The van der Waals surface area contributed by atoms with Crippen LogP contribution in [-0.4, -0.2) is 92.0 Å². The van der Waals surface area contributed by atoms with Crippen molar-refractivity contribution in [2.75, 3.05) is 18.8 Å². The van der Waals surface area contributed by atoms with E-state index in [0.717, 1.165) is 34.8 Å². The van der Waals surface area contributed by atoms with Gasteiger partial charge in [-0.2, -0.15) is 0 Å². The van der Waals surface area contributed by atoms with E-state index in [1.807, 2.05) is 0 Å². The molecule has 0 aliphatic carbocycles. The Hall–Kier alpha value is -4.68. The molecule has 0 spiro atoms. The lowest BCUT2D eigenvalue weighted by Gasteiger charge is -2.27. The zero-order chi connectivity index (χ0) is 39.3. The fourth-order valence-electron chi connectivity index (χ4n) is 4.42. The Bertz CT molecular complexity index is 1580. The van der Waals surface area contributed by atoms with Crippen LogP contribution < -0.4 is 16.4 Å². The number of fused-ring (bicyclic) bond motifs is 1. The van der Waals surface area contributed by atoms with E-state index in [4.69, 9.17) is 24.6 Å². The number of hydrogen-bond donors (Lipinski definition) is 3. The molecule has 1 aromatic heterocycles. The Morgan fingerprint density at radius 3 is 2.15 bits per heavy atom. The van der Waals surface area contributed by atoms with E-state index in [9.17, 15) is 29.3 Å². The third-order valence-electron chi connectivity index (χ3n) is 6.55. The molecule has 0 fully saturated rings. The number of nitrogens with zero attached hydrogens (tertiary/aromatic N) is 5. The lowest BCUT2D eigenvalue weighted by Crippen LogP contribution is -2.49. The summed E-state index contributed by atoms with van der Waals surface area (Å²) in [5.74, 6) is -0.148. The molecule has 19 heteroatoms. The number of alkyl carbamates (subject to hydrolysis) is 1. The molecule has 0 saturated carbocycles. The first kappa shape index (κ1) is 43.5. The minimum absolute atomic E-state index is 0.0816. The molecule has 4 N–H and O–H groups in total. The number of nitro benzene ring substituents is 1. The number of nitro groups is 1. The molecule has 0 saturated heterocycles. The molecule has 290 valence electrons. The van der Waals surface area contributed by atoms with Crippen molar-refractivity contribution in [3.05, 3.63) is 22.2 Å². The van der Waals surface area contributed by atoms with Gasteiger partial charge in [-0.05, 0) is 110 Å². The van der Waals surface area contributed by atoms with Gasteiger partial charge in [-0.15, -0.1) is 16.8 Å². The van der Waals surface area contributed by atoms with Gasteiger partial charge in [0, 0.05) is 24.1 Å². The first-order valence-corrected chi connectivity index (χ1v) is 17.9. The van der Waals surface area contributed by atoms with Crippen molar-refractivity contribution in [2.24, 2.45) is 10.7 Å². The van der Waals surface area contributed by atoms with Gasteiger partial charge < -0.3 is 30.6 Å². The topological polar surface area (TPSA) is 244 Å². The highest BCUT2D eigenvalue weighted by atomic mass is 32.2. The number of thioether (sulfide) groups is 1. The van der Waals surface area contributed by atoms with Gasteiger partial charge in [-0.1, -0.05) is 12.8 Å². The molecule has 1 heterocycles. The molecule has 2 aromatic rings. The minimum atomic E-state index is -1.01. The Morgan fingerprint density at radius 2 is 1.54 bits per heavy atom. The first-order valence-electron chi connectivity index (χ1n) is 16.9. The second kappa shape index (κ2) is 19.2. The summed E-state index contributed by atoms with van der Waals surface area (Å²) in [4.78, 5) is 67.3. The fourth-order valence-corrected chi connectivity index (χ4v) is 5.42. The number of rotatable bonds is 15. The zero-order valence-electron chi connectivity index (χ0n) is 31.4. The Kier molecular flexibility index (Phi) is 16.1. The van der Waals surface area contributed by atoms with Crippen LogP contribution in [0, 0.1) is 10.1 Å². The number of non-ortho nitro benzene ring substituents is 1. The Labute approximate surface area is 307 Å². The predicted octanol–water partition coefficient (Wildman–Crippen LogP) is 6.06. The second-order valence-corrected chi connectivity index (χ2v) is 15.9. The molecule has 4 amide bonds. The number of aromatic nitrogens is 2. The van der Waals surface area contributed by atoms with Crippen molar-refractivity contribution in [2.45, 2.75) is 129 Å². The molecular formula is C33H52N8O10S. The molecule has 0 aliphatic heterocycles.